The van der Waals surface area contributed by atoms with Gasteiger partial charge in [0.1, 0.15) is 4.88 Å². The molecule has 7 nitrogen and oxygen atoms in total. The van der Waals surface area contributed by atoms with Gasteiger partial charge in [0.2, 0.25) is 15.9 Å². The van der Waals surface area contributed by atoms with Crippen LogP contribution in [0.1, 0.15) is 74.3 Å². The molecule has 0 spiro atoms. The van der Waals surface area contributed by atoms with Gasteiger partial charge in [-0.1, -0.05) is 18.8 Å². The number of hydrogen-bond donors (Lipinski definition) is 1. The zero-order valence-electron chi connectivity index (χ0n) is 20.1. The first-order valence-electron chi connectivity index (χ1n) is 11.4. The van der Waals surface area contributed by atoms with Gasteiger partial charge in [-0.2, -0.15) is 0 Å². The third-order valence-corrected chi connectivity index (χ3v) is 8.59. The van der Waals surface area contributed by atoms with Crippen LogP contribution in [0, 0.1) is 29.1 Å². The van der Waals surface area contributed by atoms with E-state index in [1.54, 1.807) is 11.0 Å². The van der Waals surface area contributed by atoms with Crippen molar-refractivity contribution in [2.24, 2.45) is 17.3 Å². The molecule has 0 aromatic carbocycles. The second-order valence-electron chi connectivity index (χ2n) is 10.4. The van der Waals surface area contributed by atoms with E-state index in [0.717, 1.165) is 43.3 Å². The second-order valence-corrected chi connectivity index (χ2v) is 13.4. The van der Waals surface area contributed by atoms with Gasteiger partial charge in [-0.25, -0.2) is 17.5 Å². The minimum absolute atomic E-state index is 0.0727. The predicted molar refractivity (Wildman–Crippen MR) is 131 cm³/mol. The highest BCUT2D eigenvalue weighted by molar-refractivity contribution is 7.88. The average Bonchev–Trinajstić information content (AvgIpc) is 3.34. The molecule has 1 aliphatic heterocycles. The van der Waals surface area contributed by atoms with Crippen LogP contribution < -0.4 is 4.90 Å². The van der Waals surface area contributed by atoms with Gasteiger partial charge in [-0.3, -0.25) is 4.79 Å². The molecule has 1 aromatic heterocycles. The second kappa shape index (κ2) is 9.77. The molecule has 9 heteroatoms. The maximum absolute atomic E-state index is 13.8. The number of rotatable bonds is 5. The van der Waals surface area contributed by atoms with Crippen LogP contribution in [0.3, 0.4) is 0 Å². The van der Waals surface area contributed by atoms with Crippen LogP contribution in [-0.2, 0) is 14.8 Å². The lowest BCUT2D eigenvalue weighted by Gasteiger charge is -2.34. The molecule has 2 fully saturated rings. The normalized spacial score (nSPS) is 24.2. The fourth-order valence-corrected chi connectivity index (χ4v) is 6.17. The zero-order valence-corrected chi connectivity index (χ0v) is 21.7. The van der Waals surface area contributed by atoms with Crippen LogP contribution in [0.2, 0.25) is 0 Å². The number of amides is 1. The summed E-state index contributed by atoms with van der Waals surface area (Å²) in [4.78, 5) is 28.2. The van der Waals surface area contributed by atoms with Gasteiger partial charge in [0.15, 0.2) is 0 Å². The van der Waals surface area contributed by atoms with Crippen LogP contribution in [-0.4, -0.2) is 55.1 Å². The summed E-state index contributed by atoms with van der Waals surface area (Å²) >= 11 is 1.07. The van der Waals surface area contributed by atoms with Crippen molar-refractivity contribution in [3.05, 3.63) is 15.8 Å². The number of aromatic carboxylic acids is 1. The maximum Gasteiger partial charge on any atom is 0.348 e. The third-order valence-electron chi connectivity index (χ3n) is 6.29. The van der Waals surface area contributed by atoms with Gasteiger partial charge in [0, 0.05) is 24.4 Å². The highest BCUT2D eigenvalue weighted by Gasteiger charge is 2.40. The molecule has 2 heterocycles. The zero-order chi connectivity index (χ0) is 24.6. The lowest BCUT2D eigenvalue weighted by Crippen LogP contribution is -2.46. The quantitative estimate of drug-likeness (QED) is 0.624. The standard InChI is InChI=1S/C24H34N2O5S2/c1-16-6-8-17(9-7-16)22(27)26(18-11-13-25(15-18)33(5,30)31)20-14-19(10-12-24(2,3)4)32-21(20)23(28)29/h14,16-18H,6-9,11,13,15H2,1-5H3,(H,28,29)/t16?,17?,18-/m0/s1. The van der Waals surface area contributed by atoms with E-state index >= 15 is 0 Å². The molecule has 2 aliphatic rings. The van der Waals surface area contributed by atoms with Gasteiger partial charge < -0.3 is 10.0 Å². The smallest absolute Gasteiger partial charge is 0.348 e. The van der Waals surface area contributed by atoms with E-state index in [0.29, 0.717) is 29.4 Å². The van der Waals surface area contributed by atoms with Gasteiger partial charge in [0.25, 0.3) is 0 Å². The molecule has 182 valence electrons. The molecule has 3 rings (SSSR count). The monoisotopic (exact) mass is 494 g/mol. The van der Waals surface area contributed by atoms with E-state index in [2.05, 4.69) is 18.8 Å². The molecule has 1 saturated carbocycles. The lowest BCUT2D eigenvalue weighted by molar-refractivity contribution is -0.124. The van der Waals surface area contributed by atoms with Gasteiger partial charge in [0.05, 0.1) is 22.9 Å². The molecule has 1 atom stereocenters. The Morgan fingerprint density at radius 3 is 2.33 bits per heavy atom. The van der Waals surface area contributed by atoms with E-state index in [1.165, 1.54) is 4.31 Å². The van der Waals surface area contributed by atoms with Gasteiger partial charge in [-0.05, 0) is 64.9 Å². The molecule has 1 N–H and O–H groups in total. The Morgan fingerprint density at radius 2 is 1.82 bits per heavy atom. The lowest BCUT2D eigenvalue weighted by atomic mass is 9.82. The minimum atomic E-state index is -3.40. The minimum Gasteiger partial charge on any atom is -0.477 e. The molecular formula is C24H34N2O5S2. The van der Waals surface area contributed by atoms with Crippen molar-refractivity contribution in [3.63, 3.8) is 0 Å². The Kier molecular flexibility index (Phi) is 7.62. The fraction of sp³-hybridized carbons (Fsp3) is 0.667. The van der Waals surface area contributed by atoms with Crippen LogP contribution in [0.5, 0.6) is 0 Å². The summed E-state index contributed by atoms with van der Waals surface area (Å²) in [7, 11) is -3.40. The maximum atomic E-state index is 13.8. The Morgan fingerprint density at radius 1 is 1.18 bits per heavy atom. The SMILES string of the molecule is CC1CCC(C(=O)N(c2cc(C#CC(C)(C)C)sc2C(=O)O)[C@H]2CCN(S(C)(=O)=O)C2)CC1. The van der Waals surface area contributed by atoms with Crippen molar-refractivity contribution >= 4 is 38.9 Å². The van der Waals surface area contributed by atoms with E-state index < -0.39 is 22.0 Å². The highest BCUT2D eigenvalue weighted by Crippen LogP contribution is 2.38. The number of anilines is 1. The summed E-state index contributed by atoms with van der Waals surface area (Å²) in [5, 5.41) is 9.92. The number of carbonyl (C=O) groups excluding carboxylic acids is 1. The number of carboxylic acids is 1. The van der Waals surface area contributed by atoms with Crippen molar-refractivity contribution in [2.45, 2.75) is 65.8 Å². The van der Waals surface area contributed by atoms with Crippen molar-refractivity contribution in [2.75, 3.05) is 24.2 Å². The highest BCUT2D eigenvalue weighted by atomic mass is 32.2. The van der Waals surface area contributed by atoms with Crippen LogP contribution in [0.15, 0.2) is 6.07 Å². The Labute approximate surface area is 201 Å². The number of carboxylic acid groups (broad SMARTS) is 1. The summed E-state index contributed by atoms with van der Waals surface area (Å²) in [6.07, 6.45) is 5.09. The van der Waals surface area contributed by atoms with Crippen molar-refractivity contribution in [1.82, 2.24) is 4.31 Å². The summed E-state index contributed by atoms with van der Waals surface area (Å²) < 4.78 is 25.6. The first-order chi connectivity index (χ1) is 15.3. The molecule has 1 aliphatic carbocycles. The number of nitrogens with zero attached hydrogens (tertiary/aromatic N) is 2. The summed E-state index contributed by atoms with van der Waals surface area (Å²) in [6, 6.07) is 1.29. The fourth-order valence-electron chi connectivity index (χ4n) is 4.45. The number of sulfonamides is 1. The first-order valence-corrected chi connectivity index (χ1v) is 14.1. The van der Waals surface area contributed by atoms with E-state index in [-0.39, 0.29) is 28.7 Å². The predicted octanol–water partition coefficient (Wildman–Crippen LogP) is 4.04. The van der Waals surface area contributed by atoms with Crippen LogP contribution >= 0.6 is 11.3 Å². The summed E-state index contributed by atoms with van der Waals surface area (Å²) in [5.74, 6) is 5.38. The van der Waals surface area contributed by atoms with E-state index in [4.69, 9.17) is 0 Å². The van der Waals surface area contributed by atoms with Crippen molar-refractivity contribution in [1.29, 1.82) is 0 Å². The first kappa shape index (κ1) is 25.7. The number of carbonyl (C=O) groups is 2. The molecule has 1 amide bonds. The van der Waals surface area contributed by atoms with Crippen LogP contribution in [0.4, 0.5) is 5.69 Å². The average molecular weight is 495 g/mol. The molecule has 1 saturated heterocycles. The molecule has 1 aromatic rings. The van der Waals surface area contributed by atoms with Gasteiger partial charge >= 0.3 is 5.97 Å². The molecule has 0 radical (unpaired) electrons. The molecule has 0 unspecified atom stereocenters. The topological polar surface area (TPSA) is 95.0 Å². The summed E-state index contributed by atoms with van der Waals surface area (Å²) in [5.41, 5.74) is 0.0955. The van der Waals surface area contributed by atoms with Crippen LogP contribution in [0.25, 0.3) is 0 Å². The van der Waals surface area contributed by atoms with Crippen molar-refractivity contribution < 1.29 is 23.1 Å². The van der Waals surface area contributed by atoms with Crippen molar-refractivity contribution in [3.8, 4) is 11.8 Å². The Bertz CT molecular complexity index is 1070. The van der Waals surface area contributed by atoms with Gasteiger partial charge in [-0.15, -0.1) is 11.3 Å². The number of thiophene rings is 1. The van der Waals surface area contributed by atoms with E-state index in [1.807, 2.05) is 20.8 Å². The van der Waals surface area contributed by atoms with E-state index in [9.17, 15) is 23.1 Å². The summed E-state index contributed by atoms with van der Waals surface area (Å²) in [6.45, 7) is 8.60. The third kappa shape index (κ3) is 6.37. The Balaban J connectivity index is 2.03. The molecule has 33 heavy (non-hydrogen) atoms. The molecule has 0 bridgehead atoms. The number of hydrogen-bond acceptors (Lipinski definition) is 5. The molecular weight excluding hydrogens is 460 g/mol. The largest absolute Gasteiger partial charge is 0.477 e. The Hall–Kier alpha value is -1.89.